The first kappa shape index (κ1) is 22.7. The fraction of sp³-hybridized carbons (Fsp3) is 0.682. The Balaban J connectivity index is 1.70. The number of phosphoric acid groups is 1. The number of ketones is 3. The monoisotopic (exact) mass is 452 g/mol. The molecule has 0 saturated heterocycles. The maximum Gasteiger partial charge on any atom is 0.470 e. The third-order valence-corrected chi connectivity index (χ3v) is 9.09. The van der Waals surface area contributed by atoms with Crippen LogP contribution < -0.4 is 0 Å². The molecule has 4 aliphatic rings. The van der Waals surface area contributed by atoms with Gasteiger partial charge in [-0.25, -0.2) is 4.57 Å². The van der Waals surface area contributed by atoms with Crippen LogP contribution in [0.4, 0.5) is 0 Å². The van der Waals surface area contributed by atoms with Gasteiger partial charge < -0.3 is 14.9 Å². The summed E-state index contributed by atoms with van der Waals surface area (Å²) < 4.78 is 15.5. The molecular formula is C22H29O8P. The molecule has 31 heavy (non-hydrogen) atoms. The number of Topliss-reactive ketones (excluding diaryl/α,β-unsaturated/α-hetero) is 2. The molecule has 4 aliphatic carbocycles. The van der Waals surface area contributed by atoms with Crippen LogP contribution in [0.15, 0.2) is 23.8 Å². The lowest BCUT2D eigenvalue weighted by molar-refractivity contribution is -0.173. The Morgan fingerprint density at radius 1 is 1.29 bits per heavy atom. The zero-order valence-corrected chi connectivity index (χ0v) is 18.8. The normalized spacial score (nSPS) is 44.4. The molecule has 0 spiro atoms. The van der Waals surface area contributed by atoms with Gasteiger partial charge in [0, 0.05) is 23.2 Å². The lowest BCUT2D eigenvalue weighted by Gasteiger charge is -2.56. The minimum Gasteiger partial charge on any atom is -0.381 e. The molecule has 4 rings (SSSR count). The highest BCUT2D eigenvalue weighted by molar-refractivity contribution is 7.46. The summed E-state index contributed by atoms with van der Waals surface area (Å²) >= 11 is 0. The maximum atomic E-state index is 13.5. The second-order valence-electron chi connectivity index (χ2n) is 10.1. The molecule has 0 aliphatic heterocycles. The molecule has 0 aromatic heterocycles. The van der Waals surface area contributed by atoms with Gasteiger partial charge in [-0.2, -0.15) is 0 Å². The standard InChI is InChI=1S/C22H29O8P/c1-12-8-16-15-5-4-13-9-14(23)6-7-20(13,2)19(15)17(24)10-21(16,3)22(12,26)18(25)11-30-31(27,28)29/h6-7,9,12,15-16,19,26H,4-5,8,10-11H2,1-3H3,(H2,27,28,29). The van der Waals surface area contributed by atoms with Gasteiger partial charge in [-0.3, -0.25) is 18.9 Å². The molecular weight excluding hydrogens is 423 g/mol. The third kappa shape index (κ3) is 3.18. The van der Waals surface area contributed by atoms with Crippen molar-refractivity contribution in [3.63, 3.8) is 0 Å². The van der Waals surface area contributed by atoms with E-state index in [9.17, 15) is 24.1 Å². The molecule has 7 atom stereocenters. The van der Waals surface area contributed by atoms with Crippen molar-refractivity contribution in [2.75, 3.05) is 6.61 Å². The molecule has 170 valence electrons. The Morgan fingerprint density at radius 3 is 2.61 bits per heavy atom. The van der Waals surface area contributed by atoms with Gasteiger partial charge in [0.15, 0.2) is 11.6 Å². The Hall–Kier alpha value is -1.44. The summed E-state index contributed by atoms with van der Waals surface area (Å²) in [5.41, 5.74) is -2.55. The molecule has 3 saturated carbocycles. The molecule has 0 amide bonds. The zero-order valence-electron chi connectivity index (χ0n) is 17.9. The minimum atomic E-state index is -4.87. The van der Waals surface area contributed by atoms with Crippen molar-refractivity contribution in [3.05, 3.63) is 23.8 Å². The number of phosphoric ester groups is 1. The summed E-state index contributed by atoms with van der Waals surface area (Å²) in [4.78, 5) is 56.4. The van der Waals surface area contributed by atoms with Crippen molar-refractivity contribution in [2.45, 2.75) is 52.1 Å². The van der Waals surface area contributed by atoms with E-state index in [4.69, 9.17) is 9.79 Å². The number of hydrogen-bond acceptors (Lipinski definition) is 6. The van der Waals surface area contributed by atoms with E-state index in [1.165, 1.54) is 6.08 Å². The summed E-state index contributed by atoms with van der Waals surface area (Å²) in [6.07, 6.45) is 6.88. The quantitative estimate of drug-likeness (QED) is 0.552. The number of carbonyl (C=O) groups is 3. The minimum absolute atomic E-state index is 0.00796. The number of carbonyl (C=O) groups excluding carboxylic acids is 3. The molecule has 3 N–H and O–H groups in total. The summed E-state index contributed by atoms with van der Waals surface area (Å²) in [5.74, 6) is -1.91. The molecule has 0 radical (unpaired) electrons. The van der Waals surface area contributed by atoms with Crippen molar-refractivity contribution in [1.82, 2.24) is 0 Å². The Bertz CT molecular complexity index is 963. The molecule has 9 heteroatoms. The van der Waals surface area contributed by atoms with Crippen molar-refractivity contribution in [2.24, 2.45) is 34.5 Å². The number of rotatable bonds is 4. The highest BCUT2D eigenvalue weighted by atomic mass is 31.2. The first-order valence-electron chi connectivity index (χ1n) is 10.7. The topological polar surface area (TPSA) is 138 Å². The average Bonchev–Trinajstić information content (AvgIpc) is 2.87. The summed E-state index contributed by atoms with van der Waals surface area (Å²) in [5, 5.41) is 11.6. The Kier molecular flexibility index (Phi) is 5.16. The predicted octanol–water partition coefficient (Wildman–Crippen LogP) is 2.13. The predicted molar refractivity (Wildman–Crippen MR) is 110 cm³/mol. The van der Waals surface area contributed by atoms with Crippen LogP contribution in [0.25, 0.3) is 0 Å². The summed E-state index contributed by atoms with van der Waals surface area (Å²) in [6, 6.07) is 0. The fourth-order valence-electron chi connectivity index (χ4n) is 7.21. The van der Waals surface area contributed by atoms with E-state index >= 15 is 0 Å². The number of aliphatic hydroxyl groups is 1. The van der Waals surface area contributed by atoms with Crippen LogP contribution in [-0.2, 0) is 23.5 Å². The first-order chi connectivity index (χ1) is 14.2. The van der Waals surface area contributed by atoms with Gasteiger partial charge >= 0.3 is 7.82 Å². The third-order valence-electron chi connectivity index (χ3n) is 8.63. The molecule has 0 aromatic rings. The molecule has 0 aromatic carbocycles. The fourth-order valence-corrected chi connectivity index (χ4v) is 7.50. The van der Waals surface area contributed by atoms with Crippen LogP contribution in [0.5, 0.6) is 0 Å². The summed E-state index contributed by atoms with van der Waals surface area (Å²) in [7, 11) is -4.87. The average molecular weight is 452 g/mol. The van der Waals surface area contributed by atoms with E-state index in [0.717, 1.165) is 5.57 Å². The second-order valence-corrected chi connectivity index (χ2v) is 11.4. The SMILES string of the molecule is CC1CC2C3CCC4=CC(=O)C=CC4(C)C3C(=O)CC2(C)C1(O)C(=O)COP(=O)(O)O. The van der Waals surface area contributed by atoms with Gasteiger partial charge in [-0.15, -0.1) is 0 Å². The highest BCUT2D eigenvalue weighted by Crippen LogP contribution is 2.67. The first-order valence-corrected chi connectivity index (χ1v) is 12.2. The van der Waals surface area contributed by atoms with Crippen LogP contribution in [0, 0.1) is 34.5 Å². The van der Waals surface area contributed by atoms with E-state index in [-0.39, 0.29) is 35.7 Å². The van der Waals surface area contributed by atoms with Crippen molar-refractivity contribution in [3.8, 4) is 0 Å². The van der Waals surface area contributed by atoms with Crippen LogP contribution >= 0.6 is 7.82 Å². The van der Waals surface area contributed by atoms with Gasteiger partial charge in [0.05, 0.1) is 0 Å². The van der Waals surface area contributed by atoms with Gasteiger partial charge in [0.1, 0.15) is 18.0 Å². The molecule has 7 unspecified atom stereocenters. The Morgan fingerprint density at radius 2 is 1.97 bits per heavy atom. The van der Waals surface area contributed by atoms with Gasteiger partial charge in [0.25, 0.3) is 0 Å². The smallest absolute Gasteiger partial charge is 0.381 e. The number of allylic oxidation sites excluding steroid dienone is 4. The van der Waals surface area contributed by atoms with Crippen LogP contribution in [0.1, 0.15) is 46.5 Å². The second kappa shape index (κ2) is 7.03. The molecule has 0 heterocycles. The van der Waals surface area contributed by atoms with E-state index in [0.29, 0.717) is 19.3 Å². The van der Waals surface area contributed by atoms with Crippen molar-refractivity contribution >= 4 is 25.2 Å². The molecule has 3 fully saturated rings. The number of fused-ring (bicyclic) bond motifs is 5. The van der Waals surface area contributed by atoms with Crippen LogP contribution in [0.3, 0.4) is 0 Å². The van der Waals surface area contributed by atoms with Crippen molar-refractivity contribution < 1.29 is 38.4 Å². The highest BCUT2D eigenvalue weighted by Gasteiger charge is 2.70. The van der Waals surface area contributed by atoms with Gasteiger partial charge in [0.2, 0.25) is 0 Å². The van der Waals surface area contributed by atoms with E-state index in [2.05, 4.69) is 4.52 Å². The van der Waals surface area contributed by atoms with Crippen molar-refractivity contribution in [1.29, 1.82) is 0 Å². The lowest BCUT2D eigenvalue weighted by atomic mass is 9.46. The maximum absolute atomic E-state index is 13.5. The van der Waals surface area contributed by atoms with Crippen LogP contribution in [-0.4, -0.2) is 44.5 Å². The molecule has 0 bridgehead atoms. The van der Waals surface area contributed by atoms with E-state index in [1.54, 1.807) is 19.9 Å². The lowest BCUT2D eigenvalue weighted by Crippen LogP contribution is -2.61. The largest absolute Gasteiger partial charge is 0.470 e. The summed E-state index contributed by atoms with van der Waals surface area (Å²) in [6.45, 7) is 4.57. The number of hydrogen-bond donors (Lipinski definition) is 3. The van der Waals surface area contributed by atoms with E-state index in [1.807, 2.05) is 13.0 Å². The van der Waals surface area contributed by atoms with Crippen LogP contribution in [0.2, 0.25) is 0 Å². The zero-order chi connectivity index (χ0) is 23.0. The molecule has 8 nitrogen and oxygen atoms in total. The van der Waals surface area contributed by atoms with E-state index < -0.39 is 42.6 Å². The van der Waals surface area contributed by atoms with Gasteiger partial charge in [-0.1, -0.05) is 32.4 Å². The Labute approximate surface area is 181 Å². The van der Waals surface area contributed by atoms with Gasteiger partial charge in [-0.05, 0) is 49.2 Å².